The first kappa shape index (κ1) is 21.4. The Morgan fingerprint density at radius 3 is 2.16 bits per heavy atom. The number of rotatable bonds is 8. The van der Waals surface area contributed by atoms with Gasteiger partial charge in [0.05, 0.1) is 26.9 Å². The van der Waals surface area contributed by atoms with Gasteiger partial charge in [-0.25, -0.2) is 0 Å². The van der Waals surface area contributed by atoms with Crippen molar-refractivity contribution < 1.29 is 38.4 Å². The van der Waals surface area contributed by atoms with E-state index in [2.05, 4.69) is 10.5 Å². The summed E-state index contributed by atoms with van der Waals surface area (Å²) in [4.78, 5) is 35.1. The summed E-state index contributed by atoms with van der Waals surface area (Å²) >= 11 is 0. The largest absolute Gasteiger partial charge is 0.502 e. The van der Waals surface area contributed by atoms with Crippen LogP contribution in [-0.2, 0) is 4.79 Å². The van der Waals surface area contributed by atoms with Crippen molar-refractivity contribution in [3.8, 4) is 28.7 Å². The Bertz CT molecular complexity index is 1160. The molecule has 11 heteroatoms. The number of carbonyl (C=O) groups excluding carboxylic acids is 2. The smallest absolute Gasteiger partial charge is 0.305 e. The quantitative estimate of drug-likeness (QED) is 0.358. The van der Waals surface area contributed by atoms with Gasteiger partial charge >= 0.3 is 5.91 Å². The van der Waals surface area contributed by atoms with Gasteiger partial charge in [-0.15, -0.1) is 4.91 Å². The summed E-state index contributed by atoms with van der Waals surface area (Å²) in [6, 6.07) is 5.52. The van der Waals surface area contributed by atoms with Crippen molar-refractivity contribution in [2.75, 3.05) is 33.2 Å². The first-order valence-electron chi connectivity index (χ1n) is 8.78. The molecule has 0 spiro atoms. The summed E-state index contributed by atoms with van der Waals surface area (Å²) in [5.74, 6) is -2.35. The van der Waals surface area contributed by atoms with Crippen molar-refractivity contribution in [1.82, 2.24) is 0 Å². The Balaban J connectivity index is 2.21. The molecule has 1 heterocycles. The molecule has 162 valence electrons. The molecule has 0 saturated carbocycles. The van der Waals surface area contributed by atoms with Crippen LogP contribution >= 0.6 is 0 Å². The summed E-state index contributed by atoms with van der Waals surface area (Å²) in [5.41, 5.74) is -0.0525. The number of fused-ring (bicyclic) bond motifs is 1. The van der Waals surface area contributed by atoms with Crippen LogP contribution < -0.4 is 19.5 Å². The van der Waals surface area contributed by atoms with Crippen LogP contribution in [0.5, 0.6) is 28.7 Å². The minimum atomic E-state index is -1.02. The third-order valence-electron chi connectivity index (χ3n) is 4.49. The SMILES string of the molecule is COc1cc(C(=O)c2c(NCC(=O)N=O)oc3c(O)c(OC)ccc23)cc(OC)c1O. The third kappa shape index (κ3) is 3.80. The zero-order valence-electron chi connectivity index (χ0n) is 16.7. The molecule has 3 N–H and O–H groups in total. The Morgan fingerprint density at radius 1 is 1.00 bits per heavy atom. The minimum Gasteiger partial charge on any atom is -0.502 e. The van der Waals surface area contributed by atoms with Gasteiger partial charge < -0.3 is 34.2 Å². The van der Waals surface area contributed by atoms with Crippen LogP contribution in [0.3, 0.4) is 0 Å². The molecule has 0 aliphatic heterocycles. The number of ketones is 1. The molecule has 0 aliphatic carbocycles. The molecule has 1 aromatic heterocycles. The molecular formula is C20H18N2O9. The van der Waals surface area contributed by atoms with E-state index >= 15 is 0 Å². The predicted octanol–water partition coefficient (Wildman–Crippen LogP) is 2.81. The van der Waals surface area contributed by atoms with E-state index in [-0.39, 0.29) is 56.7 Å². The molecule has 11 nitrogen and oxygen atoms in total. The highest BCUT2D eigenvalue weighted by Gasteiger charge is 2.27. The molecule has 3 rings (SSSR count). The van der Waals surface area contributed by atoms with Crippen LogP contribution in [0, 0.1) is 4.91 Å². The lowest BCUT2D eigenvalue weighted by Crippen LogP contribution is -2.13. The zero-order valence-corrected chi connectivity index (χ0v) is 16.7. The van der Waals surface area contributed by atoms with Gasteiger partial charge in [-0.3, -0.25) is 9.59 Å². The number of nitrogens with one attached hydrogen (secondary N) is 1. The van der Waals surface area contributed by atoms with Crippen molar-refractivity contribution in [3.63, 3.8) is 0 Å². The lowest BCUT2D eigenvalue weighted by atomic mass is 10.0. The van der Waals surface area contributed by atoms with Crippen LogP contribution in [0.1, 0.15) is 15.9 Å². The number of carbonyl (C=O) groups is 2. The number of nitrogens with zero attached hydrogens (tertiary/aromatic N) is 1. The van der Waals surface area contributed by atoms with Crippen LogP contribution in [0.4, 0.5) is 5.88 Å². The first-order chi connectivity index (χ1) is 14.9. The van der Waals surface area contributed by atoms with Gasteiger partial charge in [0.25, 0.3) is 0 Å². The number of nitroso groups, excluding NO2 is 1. The van der Waals surface area contributed by atoms with Gasteiger partial charge in [0.15, 0.2) is 28.6 Å². The number of phenols is 2. The molecule has 0 saturated heterocycles. The number of anilines is 1. The molecule has 0 atom stereocenters. The second-order valence-corrected chi connectivity index (χ2v) is 6.20. The molecule has 2 aromatic carbocycles. The second-order valence-electron chi connectivity index (χ2n) is 6.20. The van der Waals surface area contributed by atoms with Crippen molar-refractivity contribution in [2.24, 2.45) is 5.18 Å². The van der Waals surface area contributed by atoms with E-state index in [1.807, 2.05) is 0 Å². The molecule has 0 aliphatic rings. The minimum absolute atomic E-state index is 0.00476. The Morgan fingerprint density at radius 2 is 1.61 bits per heavy atom. The van der Waals surface area contributed by atoms with Gasteiger partial charge in [0, 0.05) is 16.1 Å². The first-order valence-corrected chi connectivity index (χ1v) is 8.78. The average Bonchev–Trinajstić information content (AvgIpc) is 3.16. The lowest BCUT2D eigenvalue weighted by molar-refractivity contribution is -0.116. The normalized spacial score (nSPS) is 10.5. The van der Waals surface area contributed by atoms with E-state index in [9.17, 15) is 24.7 Å². The summed E-state index contributed by atoms with van der Waals surface area (Å²) in [5, 5.41) is 25.5. The zero-order chi connectivity index (χ0) is 22.7. The number of aromatic hydroxyl groups is 2. The van der Waals surface area contributed by atoms with Crippen LogP contribution in [0.2, 0.25) is 0 Å². The fraction of sp³-hybridized carbons (Fsp3) is 0.200. The molecule has 0 bridgehead atoms. The molecule has 31 heavy (non-hydrogen) atoms. The summed E-state index contributed by atoms with van der Waals surface area (Å²) in [7, 11) is 3.97. The van der Waals surface area contributed by atoms with Crippen LogP contribution in [0.15, 0.2) is 33.9 Å². The highest BCUT2D eigenvalue weighted by atomic mass is 16.5. The summed E-state index contributed by atoms with van der Waals surface area (Å²) in [6.45, 7) is -0.538. The Kier molecular flexibility index (Phi) is 5.95. The molecular weight excluding hydrogens is 412 g/mol. The van der Waals surface area contributed by atoms with Gasteiger partial charge in [-0.1, -0.05) is 0 Å². The van der Waals surface area contributed by atoms with Crippen molar-refractivity contribution in [1.29, 1.82) is 0 Å². The molecule has 0 fully saturated rings. The number of hydrogen-bond acceptors (Lipinski definition) is 10. The highest BCUT2D eigenvalue weighted by molar-refractivity contribution is 6.20. The van der Waals surface area contributed by atoms with E-state index < -0.39 is 18.2 Å². The van der Waals surface area contributed by atoms with E-state index in [4.69, 9.17) is 18.6 Å². The molecule has 3 aromatic rings. The number of furan rings is 1. The lowest BCUT2D eigenvalue weighted by Gasteiger charge is -2.11. The van der Waals surface area contributed by atoms with E-state index in [0.717, 1.165) is 0 Å². The van der Waals surface area contributed by atoms with Gasteiger partial charge in [0.2, 0.25) is 17.4 Å². The highest BCUT2D eigenvalue weighted by Crippen LogP contribution is 2.43. The van der Waals surface area contributed by atoms with E-state index in [0.29, 0.717) is 0 Å². The van der Waals surface area contributed by atoms with E-state index in [1.165, 1.54) is 45.6 Å². The molecule has 0 unspecified atom stereocenters. The van der Waals surface area contributed by atoms with E-state index in [1.54, 1.807) is 0 Å². The van der Waals surface area contributed by atoms with Gasteiger partial charge in [-0.05, 0) is 24.3 Å². The summed E-state index contributed by atoms with van der Waals surface area (Å²) in [6.07, 6.45) is 0. The summed E-state index contributed by atoms with van der Waals surface area (Å²) < 4.78 is 20.8. The monoisotopic (exact) mass is 430 g/mol. The fourth-order valence-corrected chi connectivity index (χ4v) is 3.00. The standard InChI is InChI=1S/C20H18N2O9/c1-28-11-5-4-10-15(20(21-8-14(23)22-27)31-19(10)18(11)26)16(24)9-6-12(29-2)17(25)13(7-9)30-3/h4-7,21,25-26H,8H2,1-3H3. The average molecular weight is 430 g/mol. The maximum Gasteiger partial charge on any atom is 0.305 e. The molecule has 0 radical (unpaired) electrons. The predicted molar refractivity (Wildman–Crippen MR) is 108 cm³/mol. The number of phenolic OH excluding ortho intramolecular Hbond substituents is 2. The van der Waals surface area contributed by atoms with Crippen molar-refractivity contribution in [3.05, 3.63) is 40.3 Å². The number of ether oxygens (including phenoxy) is 3. The van der Waals surface area contributed by atoms with Crippen LogP contribution in [-0.4, -0.2) is 49.8 Å². The van der Waals surface area contributed by atoms with Gasteiger partial charge in [-0.2, -0.15) is 0 Å². The topological polar surface area (TPSA) is 157 Å². The van der Waals surface area contributed by atoms with Crippen LogP contribution in [0.25, 0.3) is 11.0 Å². The third-order valence-corrected chi connectivity index (χ3v) is 4.49. The maximum atomic E-state index is 13.4. The number of methoxy groups -OCH3 is 3. The fourth-order valence-electron chi connectivity index (χ4n) is 3.00. The number of amides is 1. The maximum absolute atomic E-state index is 13.4. The molecule has 1 amide bonds. The second kappa shape index (κ2) is 8.61. The Hall–Kier alpha value is -4.28. The number of hydrogen-bond donors (Lipinski definition) is 3. The van der Waals surface area contributed by atoms with Crippen molar-refractivity contribution >= 4 is 28.5 Å². The Labute approximate surface area is 175 Å². The van der Waals surface area contributed by atoms with Gasteiger partial charge in [0.1, 0.15) is 6.54 Å². The van der Waals surface area contributed by atoms with Crippen molar-refractivity contribution in [2.45, 2.75) is 0 Å². The number of benzene rings is 2.